The lowest BCUT2D eigenvalue weighted by molar-refractivity contribution is 0.259. The second kappa shape index (κ2) is 6.54. The zero-order valence-electron chi connectivity index (χ0n) is 9.85. The van der Waals surface area contributed by atoms with Crippen LogP contribution in [0.5, 0.6) is 0 Å². The van der Waals surface area contributed by atoms with Crippen molar-refractivity contribution in [3.05, 3.63) is 0 Å². The van der Waals surface area contributed by atoms with E-state index in [0.29, 0.717) is 13.0 Å². The van der Waals surface area contributed by atoms with Gasteiger partial charge in [-0.15, -0.1) is 0 Å². The molecule has 0 saturated carbocycles. The molecule has 1 atom stereocenters. The van der Waals surface area contributed by atoms with Crippen LogP contribution in [-0.4, -0.2) is 56.5 Å². The minimum atomic E-state index is -3.21. The topological polar surface area (TPSA) is 69.6 Å². The smallest absolute Gasteiger partial charge is 0.211 e. The second-order valence-electron chi connectivity index (χ2n) is 4.34. The highest BCUT2D eigenvalue weighted by atomic mass is 32.2. The van der Waals surface area contributed by atoms with Gasteiger partial charge in [0.15, 0.2) is 0 Å². The molecule has 0 aromatic rings. The molecule has 1 aliphatic rings. The highest BCUT2D eigenvalue weighted by Gasteiger charge is 2.19. The van der Waals surface area contributed by atoms with Crippen LogP contribution in [0.3, 0.4) is 0 Å². The van der Waals surface area contributed by atoms with Crippen LogP contribution in [0, 0.1) is 0 Å². The van der Waals surface area contributed by atoms with Crippen LogP contribution in [0.25, 0.3) is 0 Å². The van der Waals surface area contributed by atoms with Crippen molar-refractivity contribution >= 4 is 10.0 Å². The van der Waals surface area contributed by atoms with E-state index in [1.54, 1.807) is 0 Å². The van der Waals surface area contributed by atoms with Crippen molar-refractivity contribution in [2.45, 2.75) is 32.2 Å². The van der Waals surface area contributed by atoms with E-state index in [2.05, 4.69) is 9.62 Å². The minimum absolute atomic E-state index is 0.0101. The molecule has 0 spiro atoms. The molecule has 1 heterocycles. The van der Waals surface area contributed by atoms with Crippen LogP contribution in [0.15, 0.2) is 0 Å². The van der Waals surface area contributed by atoms with Crippen molar-refractivity contribution in [1.82, 2.24) is 9.62 Å². The average Bonchev–Trinajstić information content (AvgIpc) is 2.77. The zero-order valence-corrected chi connectivity index (χ0v) is 10.7. The normalized spacial score (nSPS) is 20.1. The lowest BCUT2D eigenvalue weighted by atomic mass is 10.3. The molecule has 0 bridgehead atoms. The van der Waals surface area contributed by atoms with Crippen molar-refractivity contribution < 1.29 is 13.5 Å². The lowest BCUT2D eigenvalue weighted by Gasteiger charge is -2.23. The predicted octanol–water partition coefficient (Wildman–Crippen LogP) is -0.227. The zero-order chi connectivity index (χ0) is 12.0. The Morgan fingerprint density at radius 1 is 1.38 bits per heavy atom. The third kappa shape index (κ3) is 4.78. The van der Waals surface area contributed by atoms with Crippen LogP contribution in [0.4, 0.5) is 0 Å². The van der Waals surface area contributed by atoms with Gasteiger partial charge in [-0.3, -0.25) is 4.90 Å². The number of hydrogen-bond donors (Lipinski definition) is 2. The van der Waals surface area contributed by atoms with Crippen LogP contribution in [-0.2, 0) is 10.0 Å². The fourth-order valence-corrected chi connectivity index (χ4v) is 3.03. The maximum Gasteiger partial charge on any atom is 0.211 e. The third-order valence-corrected chi connectivity index (χ3v) is 4.37. The van der Waals surface area contributed by atoms with Gasteiger partial charge in [0, 0.05) is 19.2 Å². The van der Waals surface area contributed by atoms with Crippen LogP contribution in [0.1, 0.15) is 26.2 Å². The van der Waals surface area contributed by atoms with Crippen molar-refractivity contribution in [3.8, 4) is 0 Å². The van der Waals surface area contributed by atoms with Gasteiger partial charge in [0.1, 0.15) is 0 Å². The molecule has 5 nitrogen and oxygen atoms in total. The largest absolute Gasteiger partial charge is 0.396 e. The van der Waals surface area contributed by atoms with Gasteiger partial charge in [-0.1, -0.05) is 0 Å². The maximum atomic E-state index is 11.5. The van der Waals surface area contributed by atoms with E-state index in [4.69, 9.17) is 5.11 Å². The monoisotopic (exact) mass is 250 g/mol. The number of nitrogens with zero attached hydrogens (tertiary/aromatic N) is 1. The Hall–Kier alpha value is -0.170. The molecule has 1 saturated heterocycles. The highest BCUT2D eigenvalue weighted by molar-refractivity contribution is 7.89. The first-order valence-corrected chi connectivity index (χ1v) is 7.52. The number of hydrogen-bond acceptors (Lipinski definition) is 4. The van der Waals surface area contributed by atoms with Crippen molar-refractivity contribution in [1.29, 1.82) is 0 Å². The number of sulfonamides is 1. The molecule has 1 fully saturated rings. The van der Waals surface area contributed by atoms with Gasteiger partial charge in [0.05, 0.1) is 5.75 Å². The van der Waals surface area contributed by atoms with Crippen molar-refractivity contribution in [2.75, 3.05) is 32.0 Å². The molecule has 16 heavy (non-hydrogen) atoms. The van der Waals surface area contributed by atoms with Crippen LogP contribution < -0.4 is 4.72 Å². The summed E-state index contributed by atoms with van der Waals surface area (Å²) in [5.41, 5.74) is 0. The predicted molar refractivity (Wildman–Crippen MR) is 63.8 cm³/mol. The van der Waals surface area contributed by atoms with E-state index in [0.717, 1.165) is 13.1 Å². The van der Waals surface area contributed by atoms with E-state index in [9.17, 15) is 8.42 Å². The van der Waals surface area contributed by atoms with Gasteiger partial charge in [0.25, 0.3) is 0 Å². The molecular formula is C10H22N2O3S. The first-order chi connectivity index (χ1) is 7.55. The van der Waals surface area contributed by atoms with Gasteiger partial charge < -0.3 is 5.11 Å². The fraction of sp³-hybridized carbons (Fsp3) is 1.00. The summed E-state index contributed by atoms with van der Waals surface area (Å²) in [6.45, 7) is 4.56. The summed E-state index contributed by atoms with van der Waals surface area (Å²) >= 11 is 0. The number of aliphatic hydroxyl groups is 1. The summed E-state index contributed by atoms with van der Waals surface area (Å²) in [5.74, 6) is 0.0101. The van der Waals surface area contributed by atoms with E-state index in [1.165, 1.54) is 12.8 Å². The first kappa shape index (κ1) is 13.9. The van der Waals surface area contributed by atoms with E-state index in [-0.39, 0.29) is 18.4 Å². The van der Waals surface area contributed by atoms with Gasteiger partial charge in [-0.2, -0.15) is 0 Å². The average molecular weight is 250 g/mol. The standard InChI is InChI=1S/C10H22N2O3S/c1-10(12-5-2-3-6-12)9-11-16(14,15)8-4-7-13/h10-11,13H,2-9H2,1H3. The quantitative estimate of drug-likeness (QED) is 0.655. The van der Waals surface area contributed by atoms with E-state index in [1.807, 2.05) is 6.92 Å². The van der Waals surface area contributed by atoms with Gasteiger partial charge >= 0.3 is 0 Å². The summed E-state index contributed by atoms with van der Waals surface area (Å²) in [6, 6.07) is 0.256. The molecule has 0 aliphatic carbocycles. The number of nitrogens with one attached hydrogen (secondary N) is 1. The summed E-state index contributed by atoms with van der Waals surface area (Å²) in [6.07, 6.45) is 2.72. The first-order valence-electron chi connectivity index (χ1n) is 5.87. The summed E-state index contributed by atoms with van der Waals surface area (Å²) in [7, 11) is -3.21. The lowest BCUT2D eigenvalue weighted by Crippen LogP contribution is -2.41. The van der Waals surface area contributed by atoms with Gasteiger partial charge in [0.2, 0.25) is 10.0 Å². The maximum absolute atomic E-state index is 11.5. The highest BCUT2D eigenvalue weighted by Crippen LogP contribution is 2.10. The molecule has 0 aromatic heterocycles. The Balaban J connectivity index is 2.27. The summed E-state index contributed by atoms with van der Waals surface area (Å²) in [4.78, 5) is 2.30. The summed E-state index contributed by atoms with van der Waals surface area (Å²) < 4.78 is 25.5. The molecule has 0 amide bonds. The Kier molecular flexibility index (Phi) is 5.68. The van der Waals surface area contributed by atoms with Gasteiger partial charge in [-0.25, -0.2) is 13.1 Å². The molecule has 0 radical (unpaired) electrons. The molecule has 1 unspecified atom stereocenters. The molecule has 2 N–H and O–H groups in total. The Bertz CT molecular complexity index is 286. The SMILES string of the molecule is CC(CNS(=O)(=O)CCCO)N1CCCC1. The Labute approximate surface area is 97.9 Å². The van der Waals surface area contributed by atoms with Crippen LogP contribution >= 0.6 is 0 Å². The Morgan fingerprint density at radius 3 is 2.56 bits per heavy atom. The van der Waals surface area contributed by atoms with Crippen molar-refractivity contribution in [2.24, 2.45) is 0 Å². The van der Waals surface area contributed by atoms with E-state index >= 15 is 0 Å². The fourth-order valence-electron chi connectivity index (χ4n) is 1.89. The molecular weight excluding hydrogens is 228 g/mol. The molecule has 96 valence electrons. The molecule has 0 aromatic carbocycles. The van der Waals surface area contributed by atoms with E-state index < -0.39 is 10.0 Å². The molecule has 1 aliphatic heterocycles. The number of rotatable bonds is 7. The minimum Gasteiger partial charge on any atom is -0.396 e. The third-order valence-electron chi connectivity index (χ3n) is 2.93. The molecule has 1 rings (SSSR count). The van der Waals surface area contributed by atoms with Crippen LogP contribution in [0.2, 0.25) is 0 Å². The molecule has 6 heteroatoms. The second-order valence-corrected chi connectivity index (χ2v) is 6.26. The Morgan fingerprint density at radius 2 is 2.00 bits per heavy atom. The number of likely N-dealkylation sites (tertiary alicyclic amines) is 1. The van der Waals surface area contributed by atoms with Crippen molar-refractivity contribution in [3.63, 3.8) is 0 Å². The summed E-state index contributed by atoms with van der Waals surface area (Å²) in [5, 5.41) is 8.58. The number of aliphatic hydroxyl groups excluding tert-OH is 1. The van der Waals surface area contributed by atoms with Gasteiger partial charge in [-0.05, 0) is 39.3 Å².